The summed E-state index contributed by atoms with van der Waals surface area (Å²) < 4.78 is 0. The van der Waals surface area contributed by atoms with Gasteiger partial charge in [-0.2, -0.15) is 0 Å². The van der Waals surface area contributed by atoms with Crippen LogP contribution < -0.4 is 0 Å². The number of hydrogen-bond donors (Lipinski definition) is 0. The first-order valence-electron chi connectivity index (χ1n) is 46.9. The fraction of sp³-hybridized carbons (Fsp3) is 0.0323. The Labute approximate surface area is 804 Å². The monoisotopic (exact) mass is 1790 g/mol. The average molecular weight is 1790 g/mol. The molecule has 140 heavy (non-hydrogen) atoms. The molecule has 0 aliphatic heterocycles. The van der Waals surface area contributed by atoms with Crippen LogP contribution in [0.1, 0.15) is 90.4 Å². The minimum Gasteiger partial charge on any atom is -0.253 e. The Bertz CT molecular complexity index is 8560. The van der Waals surface area contributed by atoms with Gasteiger partial charge < -0.3 is 0 Å². The highest BCUT2D eigenvalue weighted by atomic mass is 14.9. The second kappa shape index (κ2) is 33.7. The molecule has 0 amide bonds. The highest BCUT2D eigenvalue weighted by Gasteiger charge is 2.44. The molecule has 652 valence electrons. The van der Waals surface area contributed by atoms with Crippen molar-refractivity contribution < 1.29 is 0 Å². The van der Waals surface area contributed by atoms with E-state index >= 15 is 0 Å². The van der Waals surface area contributed by atoms with Gasteiger partial charge in [0.25, 0.3) is 0 Å². The lowest BCUT2D eigenvalue weighted by Crippen LogP contribution is -2.27. The van der Waals surface area contributed by atoms with Crippen LogP contribution >= 0.6 is 0 Å². The maximum absolute atomic E-state index is 5.29. The van der Waals surface area contributed by atoms with E-state index in [4.69, 9.17) is 49.8 Å². The lowest BCUT2D eigenvalue weighted by atomic mass is 9.60. The largest absolute Gasteiger partial charge is 0.253 e. The molecule has 4 bridgehead atoms. The minimum atomic E-state index is 0.0356. The van der Waals surface area contributed by atoms with E-state index < -0.39 is 0 Å². The quantitative estimate of drug-likeness (QED) is 0.0992. The van der Waals surface area contributed by atoms with Crippen molar-refractivity contribution in [1.29, 1.82) is 0 Å². The summed E-state index contributed by atoms with van der Waals surface area (Å²) in [7, 11) is 0. The predicted octanol–water partition coefficient (Wildman–Crippen LogP) is 27.6. The van der Waals surface area contributed by atoms with Crippen LogP contribution in [0.15, 0.2) is 438 Å². The van der Waals surface area contributed by atoms with Gasteiger partial charge in [-0.25, -0.2) is 39.9 Å². The van der Waals surface area contributed by atoms with E-state index in [1.807, 2.05) is 121 Å². The Hall–Kier alpha value is -18.8. The third kappa shape index (κ3) is 14.1. The van der Waals surface area contributed by atoms with Gasteiger partial charge in [0.15, 0.2) is 23.3 Å². The third-order valence-electron chi connectivity index (χ3n) is 27.8. The van der Waals surface area contributed by atoms with Gasteiger partial charge in [0.2, 0.25) is 0 Å². The number of benzene rings is 16. The summed E-state index contributed by atoms with van der Waals surface area (Å²) in [4.78, 5) is 78.7. The highest BCUT2D eigenvalue weighted by molar-refractivity contribution is 5.96. The van der Waals surface area contributed by atoms with Crippen molar-refractivity contribution in [3.8, 4) is 158 Å². The second-order valence-corrected chi connectivity index (χ2v) is 35.8. The first-order chi connectivity index (χ1) is 69.4. The summed E-state index contributed by atoms with van der Waals surface area (Å²) >= 11 is 0. The van der Waals surface area contributed by atoms with Crippen molar-refractivity contribution in [2.75, 3.05) is 0 Å². The standard InChI is InChI=1S/C68H42N8.C56H34N8/c1-3-11-45(12-4-1)67-73-59(43-25-21-41(22-26-43)49-17-9-19-57-65(49)71-35-33-69-57)39-61(75-67)47-29-31-53-55(37-47)63-51-15-7-8-16-52(51)64(53)56-38-48(30-32-54(56)63)62-40-60(74-68(76-62)46-13-5-2-6-14-46)44-27-23-42(24-28-44)50-18-10-20-58-66(50)72-36-34-70-58;1-3-11-33(12-4-1)55-61-47(31-49(63-55)41-17-9-19-45-53(41)59-27-25-57-45)35-21-23-39-43(29-35)51-37-15-7-8-16-38(37)52(39)44-30-36(22-24-40(44)51)48-32-50(64-56(62-48)34-13-5-2-6-14-34)42-18-10-20-46-54(42)60-28-26-58-46/h1-40,63-64H;1-32,51-52H. The summed E-state index contributed by atoms with van der Waals surface area (Å²) in [5.41, 5.74) is 45.4. The molecule has 16 nitrogen and oxygen atoms in total. The molecule has 0 N–H and O–H groups in total. The smallest absolute Gasteiger partial charge is 0.160 e. The molecule has 4 atom stereocenters. The van der Waals surface area contributed by atoms with Gasteiger partial charge >= 0.3 is 0 Å². The van der Waals surface area contributed by atoms with Crippen molar-refractivity contribution >= 4 is 44.1 Å². The fourth-order valence-electron chi connectivity index (χ4n) is 21.4. The van der Waals surface area contributed by atoms with E-state index in [-0.39, 0.29) is 23.7 Å². The van der Waals surface area contributed by atoms with Crippen LogP contribution in [0.5, 0.6) is 0 Å². The summed E-state index contributed by atoms with van der Waals surface area (Å²) in [6, 6.07) is 137. The molecule has 30 rings (SSSR count). The van der Waals surface area contributed by atoms with Crippen LogP contribution in [0, 0.1) is 0 Å². The molecular weight excluding hydrogens is 1710 g/mol. The first kappa shape index (κ1) is 80.8. The lowest BCUT2D eigenvalue weighted by molar-refractivity contribution is 0.755. The maximum atomic E-state index is 5.29. The zero-order valence-corrected chi connectivity index (χ0v) is 75.0. The minimum absolute atomic E-state index is 0.0356. The zero-order chi connectivity index (χ0) is 92.2. The first-order valence-corrected chi connectivity index (χ1v) is 46.9. The van der Waals surface area contributed by atoms with Gasteiger partial charge in [0.05, 0.1) is 89.7 Å². The van der Waals surface area contributed by atoms with E-state index in [1.165, 1.54) is 66.8 Å². The maximum Gasteiger partial charge on any atom is 0.160 e. The molecule has 4 unspecified atom stereocenters. The number of hydrogen-bond acceptors (Lipinski definition) is 16. The Morgan fingerprint density at radius 2 is 0.336 bits per heavy atom. The van der Waals surface area contributed by atoms with Crippen LogP contribution in [0.25, 0.3) is 202 Å². The molecule has 0 spiro atoms. The molecule has 6 aliphatic rings. The Morgan fingerprint density at radius 3 is 0.614 bits per heavy atom. The highest BCUT2D eigenvalue weighted by Crippen LogP contribution is 2.59. The molecule has 24 aromatic rings. The van der Waals surface area contributed by atoms with Crippen LogP contribution in [-0.4, -0.2) is 79.7 Å². The van der Waals surface area contributed by atoms with Crippen LogP contribution in [-0.2, 0) is 0 Å². The SMILES string of the molecule is c1ccc(-c2nc(-c3ccc(-c4cccc5nccnc45)cc3)cc(-c3ccc4c(c3)C3c5ccccc5C4c4cc(-c5cc(-c6ccc(-c7cccc8nccnc78)cc6)nc(-c6ccccc6)n5)ccc43)n2)cc1.c1ccc(-c2nc(-c3ccc4c(c3)C3c5ccccc5C4c4cc(-c5cc(-c6cccc7nccnc67)nc(-c6ccccc6)n5)ccc43)cc(-c3cccc4nccnc34)n2)cc1. The Kier molecular flexibility index (Phi) is 19.4. The molecule has 0 saturated heterocycles. The summed E-state index contributed by atoms with van der Waals surface area (Å²) in [5, 5.41) is 0. The van der Waals surface area contributed by atoms with Crippen LogP contribution in [0.4, 0.5) is 0 Å². The second-order valence-electron chi connectivity index (χ2n) is 35.8. The van der Waals surface area contributed by atoms with E-state index in [9.17, 15) is 0 Å². The van der Waals surface area contributed by atoms with Gasteiger partial charge in [-0.15, -0.1) is 0 Å². The summed E-state index contributed by atoms with van der Waals surface area (Å²) in [6.45, 7) is 0. The summed E-state index contributed by atoms with van der Waals surface area (Å²) in [5.74, 6) is 2.83. The van der Waals surface area contributed by atoms with Crippen molar-refractivity contribution in [1.82, 2.24) is 79.7 Å². The molecule has 0 radical (unpaired) electrons. The van der Waals surface area contributed by atoms with Gasteiger partial charge in [-0.3, -0.25) is 39.9 Å². The van der Waals surface area contributed by atoms with Crippen molar-refractivity contribution in [2.45, 2.75) is 23.7 Å². The van der Waals surface area contributed by atoms with E-state index in [0.717, 1.165) is 179 Å². The number of aromatic nitrogens is 16. The average Bonchev–Trinajstić information content (AvgIpc) is 0.700. The van der Waals surface area contributed by atoms with Crippen molar-refractivity contribution in [3.63, 3.8) is 0 Å². The Balaban J connectivity index is 0.000000143. The van der Waals surface area contributed by atoms with Crippen LogP contribution in [0.3, 0.4) is 0 Å². The Morgan fingerprint density at radius 1 is 0.129 bits per heavy atom. The molecule has 16 heteroatoms. The van der Waals surface area contributed by atoms with Crippen LogP contribution in [0.2, 0.25) is 0 Å². The third-order valence-corrected chi connectivity index (χ3v) is 27.8. The van der Waals surface area contributed by atoms with E-state index in [0.29, 0.717) is 23.3 Å². The molecule has 6 aliphatic carbocycles. The van der Waals surface area contributed by atoms with E-state index in [1.54, 1.807) is 49.6 Å². The van der Waals surface area contributed by atoms with Crippen molar-refractivity contribution in [3.05, 3.63) is 505 Å². The molecule has 16 aromatic carbocycles. The molecular formula is C124H76N16. The van der Waals surface area contributed by atoms with E-state index in [2.05, 4.69) is 297 Å². The number of rotatable bonds is 14. The fourth-order valence-corrected chi connectivity index (χ4v) is 21.4. The van der Waals surface area contributed by atoms with Gasteiger partial charge in [-0.05, 0) is 151 Å². The van der Waals surface area contributed by atoms with Gasteiger partial charge in [0.1, 0.15) is 0 Å². The molecule has 8 aromatic heterocycles. The lowest BCUT2D eigenvalue weighted by Gasteiger charge is -2.42. The topological polar surface area (TPSA) is 206 Å². The van der Waals surface area contributed by atoms with Gasteiger partial charge in [-0.1, -0.05) is 315 Å². The molecule has 0 saturated carbocycles. The number of para-hydroxylation sites is 4. The normalized spacial score (nSPS) is 14.3. The van der Waals surface area contributed by atoms with Gasteiger partial charge in [0, 0.05) is 151 Å². The zero-order valence-electron chi connectivity index (χ0n) is 75.0. The summed E-state index contributed by atoms with van der Waals surface area (Å²) in [6.07, 6.45) is 13.9. The molecule has 0 fully saturated rings. The molecule has 8 heterocycles. The van der Waals surface area contributed by atoms with Crippen molar-refractivity contribution in [2.24, 2.45) is 0 Å². The number of fused-ring (bicyclic) bond motifs is 4. The number of nitrogens with zero attached hydrogens (tertiary/aromatic N) is 16. The predicted molar refractivity (Wildman–Crippen MR) is 553 cm³/mol.